The number of benzene rings is 1. The smallest absolute Gasteiger partial charge is 0.126 e. The molecule has 0 bridgehead atoms. The van der Waals surface area contributed by atoms with Crippen molar-refractivity contribution in [2.24, 2.45) is 0 Å². The molecule has 1 aliphatic heterocycles. The van der Waals surface area contributed by atoms with Crippen LogP contribution in [0.1, 0.15) is 18.9 Å². The molecule has 2 aromatic rings. The summed E-state index contributed by atoms with van der Waals surface area (Å²) in [5.74, 6) is 0.920. The highest BCUT2D eigenvalue weighted by molar-refractivity contribution is 5.35. The molecule has 3 rings (SSSR count). The Morgan fingerprint density at radius 1 is 1.22 bits per heavy atom. The van der Waals surface area contributed by atoms with Crippen LogP contribution in [0, 0.1) is 0 Å². The Labute approximate surface area is 138 Å². The zero-order chi connectivity index (χ0) is 15.9. The number of pyridine rings is 1. The molecule has 23 heavy (non-hydrogen) atoms. The molecule has 0 amide bonds. The zero-order valence-corrected chi connectivity index (χ0v) is 13.7. The molecule has 2 heterocycles. The molecule has 0 aliphatic carbocycles. The van der Waals surface area contributed by atoms with Crippen LogP contribution in [0.2, 0.25) is 0 Å². The van der Waals surface area contributed by atoms with Crippen molar-refractivity contribution >= 4 is 5.82 Å². The van der Waals surface area contributed by atoms with Crippen molar-refractivity contribution in [1.29, 1.82) is 0 Å². The fourth-order valence-corrected chi connectivity index (χ4v) is 3.06. The van der Waals surface area contributed by atoms with Crippen LogP contribution in [0.3, 0.4) is 0 Å². The molecule has 1 saturated heterocycles. The van der Waals surface area contributed by atoms with Gasteiger partial charge in [-0.15, -0.1) is 0 Å². The third kappa shape index (κ3) is 4.53. The fraction of sp³-hybridized carbons (Fsp3) is 0.421. The summed E-state index contributed by atoms with van der Waals surface area (Å²) in [6.07, 6.45) is 3.03. The van der Waals surface area contributed by atoms with Crippen molar-refractivity contribution in [2.75, 3.05) is 25.0 Å². The Morgan fingerprint density at radius 2 is 2.04 bits per heavy atom. The molecule has 0 spiro atoms. The van der Waals surface area contributed by atoms with Gasteiger partial charge < -0.3 is 10.1 Å². The van der Waals surface area contributed by atoms with Gasteiger partial charge in [0.15, 0.2) is 0 Å². The first-order chi connectivity index (χ1) is 11.3. The van der Waals surface area contributed by atoms with E-state index in [1.54, 1.807) is 0 Å². The van der Waals surface area contributed by atoms with Crippen LogP contribution in [-0.2, 0) is 11.3 Å². The lowest BCUT2D eigenvalue weighted by Crippen LogP contribution is -2.49. The minimum Gasteiger partial charge on any atom is -0.373 e. The highest BCUT2D eigenvalue weighted by atomic mass is 16.5. The molecule has 4 nitrogen and oxygen atoms in total. The van der Waals surface area contributed by atoms with Crippen LogP contribution in [0.15, 0.2) is 54.7 Å². The number of aromatic nitrogens is 1. The topological polar surface area (TPSA) is 37.4 Å². The van der Waals surface area contributed by atoms with E-state index in [2.05, 4.69) is 52.5 Å². The molecule has 0 radical (unpaired) electrons. The van der Waals surface area contributed by atoms with Gasteiger partial charge in [-0.25, -0.2) is 4.98 Å². The molecular weight excluding hydrogens is 286 g/mol. The fourth-order valence-electron chi connectivity index (χ4n) is 3.06. The van der Waals surface area contributed by atoms with Crippen molar-refractivity contribution < 1.29 is 4.74 Å². The summed E-state index contributed by atoms with van der Waals surface area (Å²) in [4.78, 5) is 6.85. The number of anilines is 1. The van der Waals surface area contributed by atoms with Gasteiger partial charge in [-0.05, 0) is 24.1 Å². The predicted molar refractivity (Wildman–Crippen MR) is 93.4 cm³/mol. The van der Waals surface area contributed by atoms with E-state index >= 15 is 0 Å². The second-order valence-electron chi connectivity index (χ2n) is 6.00. The number of ether oxygens (including phenoxy) is 1. The molecular formula is C19H25N3O. The van der Waals surface area contributed by atoms with Gasteiger partial charge >= 0.3 is 0 Å². The number of nitrogens with one attached hydrogen (secondary N) is 1. The minimum absolute atomic E-state index is 0.194. The van der Waals surface area contributed by atoms with Gasteiger partial charge in [0.1, 0.15) is 5.82 Å². The second-order valence-corrected chi connectivity index (χ2v) is 6.00. The second kappa shape index (κ2) is 8.09. The zero-order valence-electron chi connectivity index (χ0n) is 13.7. The van der Waals surface area contributed by atoms with Crippen molar-refractivity contribution in [1.82, 2.24) is 9.88 Å². The third-order valence-electron chi connectivity index (χ3n) is 4.31. The molecule has 2 unspecified atom stereocenters. The molecule has 1 aliphatic rings. The molecule has 1 N–H and O–H groups in total. The van der Waals surface area contributed by atoms with Crippen molar-refractivity contribution in [3.63, 3.8) is 0 Å². The van der Waals surface area contributed by atoms with E-state index in [1.165, 1.54) is 5.56 Å². The van der Waals surface area contributed by atoms with Crippen LogP contribution in [0.25, 0.3) is 0 Å². The van der Waals surface area contributed by atoms with E-state index in [9.17, 15) is 0 Å². The maximum Gasteiger partial charge on any atom is 0.126 e. The number of morpholine rings is 1. The maximum atomic E-state index is 6.04. The van der Waals surface area contributed by atoms with Crippen LogP contribution < -0.4 is 5.32 Å². The van der Waals surface area contributed by atoms with Crippen LogP contribution in [0.5, 0.6) is 0 Å². The van der Waals surface area contributed by atoms with Crippen LogP contribution in [0.4, 0.5) is 5.82 Å². The number of nitrogens with zero attached hydrogens (tertiary/aromatic N) is 2. The quantitative estimate of drug-likeness (QED) is 0.889. The van der Waals surface area contributed by atoms with Gasteiger partial charge in [0.2, 0.25) is 0 Å². The Bertz CT molecular complexity index is 576. The normalized spacial score (nSPS) is 20.1. The lowest BCUT2D eigenvalue weighted by atomic mass is 10.1. The Balaban J connectivity index is 1.60. The summed E-state index contributed by atoms with van der Waals surface area (Å²) < 4.78 is 6.04. The van der Waals surface area contributed by atoms with Crippen LogP contribution >= 0.6 is 0 Å². The third-order valence-corrected chi connectivity index (χ3v) is 4.31. The summed E-state index contributed by atoms with van der Waals surface area (Å²) in [5.41, 5.74) is 1.36. The van der Waals surface area contributed by atoms with E-state index in [0.717, 1.165) is 38.5 Å². The molecule has 0 saturated carbocycles. The van der Waals surface area contributed by atoms with Gasteiger partial charge in [0.05, 0.1) is 18.8 Å². The monoisotopic (exact) mass is 311 g/mol. The molecule has 1 aromatic carbocycles. The Hall–Kier alpha value is -1.91. The average Bonchev–Trinajstić information content (AvgIpc) is 2.62. The van der Waals surface area contributed by atoms with E-state index in [4.69, 9.17) is 4.74 Å². The lowest BCUT2D eigenvalue weighted by Gasteiger charge is -2.37. The standard InChI is InChI=1S/C19H25N3O/c1-2-17(21-19-10-6-7-11-20-19)18-15-22(12-13-23-18)14-16-8-4-3-5-9-16/h3-11,17-18H,2,12-15H2,1H3,(H,20,21). The largest absolute Gasteiger partial charge is 0.373 e. The maximum absolute atomic E-state index is 6.04. The van der Waals surface area contributed by atoms with Crippen molar-refractivity contribution in [2.45, 2.75) is 32.0 Å². The minimum atomic E-state index is 0.194. The molecule has 1 fully saturated rings. The highest BCUT2D eigenvalue weighted by Gasteiger charge is 2.27. The van der Waals surface area contributed by atoms with Gasteiger partial charge in [-0.3, -0.25) is 4.90 Å². The van der Waals surface area contributed by atoms with E-state index in [0.29, 0.717) is 0 Å². The van der Waals surface area contributed by atoms with Gasteiger partial charge in [-0.2, -0.15) is 0 Å². The molecule has 2 atom stereocenters. The Morgan fingerprint density at radius 3 is 2.78 bits per heavy atom. The number of hydrogen-bond acceptors (Lipinski definition) is 4. The van der Waals surface area contributed by atoms with Gasteiger partial charge in [-0.1, -0.05) is 43.3 Å². The van der Waals surface area contributed by atoms with Gasteiger partial charge in [0.25, 0.3) is 0 Å². The summed E-state index contributed by atoms with van der Waals surface area (Å²) in [6, 6.07) is 16.9. The molecule has 1 aromatic heterocycles. The van der Waals surface area contributed by atoms with Crippen molar-refractivity contribution in [3.8, 4) is 0 Å². The molecule has 122 valence electrons. The van der Waals surface area contributed by atoms with Gasteiger partial charge in [0, 0.05) is 25.8 Å². The summed E-state index contributed by atoms with van der Waals surface area (Å²) in [7, 11) is 0. The van der Waals surface area contributed by atoms with E-state index < -0.39 is 0 Å². The average molecular weight is 311 g/mol. The SMILES string of the molecule is CCC(Nc1ccccn1)C1CN(Cc2ccccc2)CCO1. The number of rotatable bonds is 6. The molecule has 4 heteroatoms. The summed E-state index contributed by atoms with van der Waals surface area (Å²) in [5, 5.41) is 3.52. The van der Waals surface area contributed by atoms with Crippen LogP contribution in [-0.4, -0.2) is 41.7 Å². The Kier molecular flexibility index (Phi) is 5.61. The summed E-state index contributed by atoms with van der Waals surface area (Å²) >= 11 is 0. The first kappa shape index (κ1) is 16.0. The summed E-state index contributed by atoms with van der Waals surface area (Å²) in [6.45, 7) is 5.91. The lowest BCUT2D eigenvalue weighted by molar-refractivity contribution is -0.0403. The predicted octanol–water partition coefficient (Wildman–Crippen LogP) is 3.17. The number of hydrogen-bond donors (Lipinski definition) is 1. The van der Waals surface area contributed by atoms with E-state index in [1.807, 2.05) is 24.4 Å². The first-order valence-electron chi connectivity index (χ1n) is 8.40. The van der Waals surface area contributed by atoms with Crippen molar-refractivity contribution in [3.05, 3.63) is 60.3 Å². The van der Waals surface area contributed by atoms with E-state index in [-0.39, 0.29) is 12.1 Å². The highest BCUT2D eigenvalue weighted by Crippen LogP contribution is 2.17. The first-order valence-corrected chi connectivity index (χ1v) is 8.40.